The lowest BCUT2D eigenvalue weighted by molar-refractivity contribution is -0.138. The molecule has 170 valence electrons. The Morgan fingerprint density at radius 3 is 2.56 bits per heavy atom. The van der Waals surface area contributed by atoms with Gasteiger partial charge in [0.25, 0.3) is 5.91 Å². The number of halogens is 3. The molecule has 2 amide bonds. The molecule has 1 aliphatic rings. The van der Waals surface area contributed by atoms with Crippen molar-refractivity contribution in [3.8, 4) is 11.5 Å². The molecule has 1 heterocycles. The number of fused-ring (bicyclic) bond motifs is 1. The molecule has 2 aromatic carbocycles. The van der Waals surface area contributed by atoms with Gasteiger partial charge in [-0.25, -0.2) is 0 Å². The Labute approximate surface area is 182 Å². The van der Waals surface area contributed by atoms with E-state index in [0.29, 0.717) is 35.5 Å². The minimum Gasteiger partial charge on any atom is -0.508 e. The topological polar surface area (TPSA) is 93.1 Å². The van der Waals surface area contributed by atoms with Crippen LogP contribution in [0.15, 0.2) is 42.5 Å². The summed E-state index contributed by atoms with van der Waals surface area (Å²) in [6.45, 7) is 0.524. The van der Waals surface area contributed by atoms with Crippen LogP contribution in [0.5, 0.6) is 11.5 Å². The van der Waals surface area contributed by atoms with Crippen LogP contribution in [0.25, 0.3) is 0 Å². The van der Waals surface area contributed by atoms with E-state index >= 15 is 0 Å². The number of nitrogens with zero attached hydrogens (tertiary/aromatic N) is 2. The molecule has 0 atom stereocenters. The first-order valence-electron chi connectivity index (χ1n) is 9.63. The fourth-order valence-corrected chi connectivity index (χ4v) is 3.45. The summed E-state index contributed by atoms with van der Waals surface area (Å²) in [7, 11) is 3.71. The van der Waals surface area contributed by atoms with Gasteiger partial charge >= 0.3 is 6.18 Å². The molecular weight excluding hydrogens is 427 g/mol. The average Bonchev–Trinajstić information content (AvgIpc) is 3.11. The van der Waals surface area contributed by atoms with E-state index < -0.39 is 34.7 Å². The Bertz CT molecular complexity index is 1080. The standard InChI is InChI=1S/C22H22F3N3O4/c1-27(2)8-4-7-19(31)26-17-6-3-5-13-11-28(12-15(13)17)21(32)20-16(22(23,24)25)9-14(29)10-18(20)30/h3-7,9-10,29-30H,8,11-12H2,1-2H3,(H,26,31)/b7-4+. The molecule has 3 N–H and O–H groups in total. The van der Waals surface area contributed by atoms with E-state index in [1.54, 1.807) is 24.3 Å². The minimum absolute atomic E-state index is 0.00591. The molecule has 0 saturated carbocycles. The zero-order valence-electron chi connectivity index (χ0n) is 17.4. The zero-order chi connectivity index (χ0) is 23.6. The predicted molar refractivity (Wildman–Crippen MR) is 111 cm³/mol. The van der Waals surface area contributed by atoms with Crippen LogP contribution in [0.3, 0.4) is 0 Å². The van der Waals surface area contributed by atoms with E-state index in [-0.39, 0.29) is 19.0 Å². The number of rotatable bonds is 5. The molecule has 0 aliphatic carbocycles. The van der Waals surface area contributed by atoms with Crippen LogP contribution in [0.1, 0.15) is 27.0 Å². The molecule has 0 unspecified atom stereocenters. The van der Waals surface area contributed by atoms with E-state index in [9.17, 15) is 33.0 Å². The van der Waals surface area contributed by atoms with Gasteiger partial charge in [0.15, 0.2) is 0 Å². The highest BCUT2D eigenvalue weighted by Crippen LogP contribution is 2.40. The fourth-order valence-electron chi connectivity index (χ4n) is 3.45. The molecule has 0 saturated heterocycles. The van der Waals surface area contributed by atoms with E-state index in [2.05, 4.69) is 5.32 Å². The number of likely N-dealkylation sites (N-methyl/N-ethyl adjacent to an activating group) is 1. The summed E-state index contributed by atoms with van der Waals surface area (Å²) < 4.78 is 40.3. The number of alkyl halides is 3. The van der Waals surface area contributed by atoms with Crippen molar-refractivity contribution in [3.63, 3.8) is 0 Å². The number of phenolic OH excluding ortho intramolecular Hbond substituents is 2. The molecule has 0 fully saturated rings. The maximum absolute atomic E-state index is 13.4. The molecule has 32 heavy (non-hydrogen) atoms. The van der Waals surface area contributed by atoms with Gasteiger partial charge in [0, 0.05) is 43.0 Å². The lowest BCUT2D eigenvalue weighted by atomic mass is 10.0. The largest absolute Gasteiger partial charge is 0.508 e. The van der Waals surface area contributed by atoms with Crippen LogP contribution in [-0.4, -0.2) is 52.5 Å². The summed E-state index contributed by atoms with van der Waals surface area (Å²) in [5, 5.41) is 22.2. The van der Waals surface area contributed by atoms with Crippen molar-refractivity contribution in [2.45, 2.75) is 19.3 Å². The summed E-state index contributed by atoms with van der Waals surface area (Å²) >= 11 is 0. The van der Waals surface area contributed by atoms with Gasteiger partial charge in [-0.3, -0.25) is 9.59 Å². The van der Waals surface area contributed by atoms with Crippen molar-refractivity contribution in [3.05, 3.63) is 64.7 Å². The van der Waals surface area contributed by atoms with Gasteiger partial charge in [0.2, 0.25) is 5.91 Å². The van der Waals surface area contributed by atoms with Gasteiger partial charge < -0.3 is 25.3 Å². The maximum Gasteiger partial charge on any atom is 0.417 e. The van der Waals surface area contributed by atoms with Crippen molar-refractivity contribution >= 4 is 17.5 Å². The van der Waals surface area contributed by atoms with Gasteiger partial charge in [-0.1, -0.05) is 18.2 Å². The lowest BCUT2D eigenvalue weighted by Gasteiger charge is -2.20. The Kier molecular flexibility index (Phi) is 6.45. The Morgan fingerprint density at radius 2 is 1.91 bits per heavy atom. The SMILES string of the molecule is CN(C)C/C=C/C(=O)Nc1cccc2c1CN(C(=O)c1c(O)cc(O)cc1C(F)(F)F)C2. The predicted octanol–water partition coefficient (Wildman–Crippen LogP) is 3.33. The summed E-state index contributed by atoms with van der Waals surface area (Å²) in [5.41, 5.74) is -0.638. The summed E-state index contributed by atoms with van der Waals surface area (Å²) in [6.07, 6.45) is -1.90. The van der Waals surface area contributed by atoms with Crippen LogP contribution in [0.2, 0.25) is 0 Å². The molecule has 0 radical (unpaired) electrons. The number of phenols is 2. The number of aromatic hydroxyl groups is 2. The summed E-state index contributed by atoms with van der Waals surface area (Å²) in [6, 6.07) is 6.12. The van der Waals surface area contributed by atoms with Crippen molar-refractivity contribution in [2.75, 3.05) is 26.0 Å². The molecule has 2 aromatic rings. The average molecular weight is 449 g/mol. The van der Waals surface area contributed by atoms with Gasteiger partial charge in [-0.05, 0) is 31.8 Å². The van der Waals surface area contributed by atoms with Crippen molar-refractivity contribution in [1.82, 2.24) is 9.80 Å². The van der Waals surface area contributed by atoms with Crippen LogP contribution < -0.4 is 5.32 Å². The lowest BCUT2D eigenvalue weighted by Crippen LogP contribution is -2.28. The van der Waals surface area contributed by atoms with E-state index in [0.717, 1.165) is 4.90 Å². The second-order valence-electron chi connectivity index (χ2n) is 7.64. The number of nitrogens with one attached hydrogen (secondary N) is 1. The summed E-state index contributed by atoms with van der Waals surface area (Å²) in [4.78, 5) is 28.1. The van der Waals surface area contributed by atoms with Crippen molar-refractivity contribution < 1.29 is 33.0 Å². The van der Waals surface area contributed by atoms with Crippen LogP contribution in [0, 0.1) is 0 Å². The first-order chi connectivity index (χ1) is 15.0. The van der Waals surface area contributed by atoms with E-state index in [1.807, 2.05) is 19.0 Å². The number of carbonyl (C=O) groups excluding carboxylic acids is 2. The molecule has 10 heteroatoms. The van der Waals surface area contributed by atoms with Gasteiger partial charge in [0.1, 0.15) is 11.5 Å². The van der Waals surface area contributed by atoms with Gasteiger partial charge in [-0.2, -0.15) is 13.2 Å². The number of benzene rings is 2. The molecule has 3 rings (SSSR count). The highest BCUT2D eigenvalue weighted by molar-refractivity contribution is 6.01. The second-order valence-corrected chi connectivity index (χ2v) is 7.64. The quantitative estimate of drug-likeness (QED) is 0.609. The Hall–Kier alpha value is -3.53. The van der Waals surface area contributed by atoms with Gasteiger partial charge in [-0.15, -0.1) is 0 Å². The number of hydrogen-bond acceptors (Lipinski definition) is 5. The van der Waals surface area contributed by atoms with Crippen LogP contribution in [-0.2, 0) is 24.1 Å². The monoisotopic (exact) mass is 449 g/mol. The highest BCUT2D eigenvalue weighted by Gasteiger charge is 2.39. The van der Waals surface area contributed by atoms with Crippen LogP contribution in [0.4, 0.5) is 18.9 Å². The smallest absolute Gasteiger partial charge is 0.417 e. The molecule has 0 bridgehead atoms. The van der Waals surface area contributed by atoms with Crippen LogP contribution >= 0.6 is 0 Å². The number of carbonyl (C=O) groups is 2. The third-order valence-electron chi connectivity index (χ3n) is 4.89. The third-order valence-corrected chi connectivity index (χ3v) is 4.89. The Balaban J connectivity index is 1.85. The normalized spacial score (nSPS) is 13.6. The fraction of sp³-hybridized carbons (Fsp3) is 0.273. The third kappa shape index (κ3) is 5.02. The number of anilines is 1. The van der Waals surface area contributed by atoms with E-state index in [4.69, 9.17) is 0 Å². The van der Waals surface area contributed by atoms with Gasteiger partial charge in [0.05, 0.1) is 11.1 Å². The molecule has 1 aliphatic heterocycles. The molecular formula is C22H22F3N3O4. The number of hydrogen-bond donors (Lipinski definition) is 3. The molecule has 0 aromatic heterocycles. The molecule has 0 spiro atoms. The highest BCUT2D eigenvalue weighted by atomic mass is 19.4. The Morgan fingerprint density at radius 1 is 1.19 bits per heavy atom. The summed E-state index contributed by atoms with van der Waals surface area (Å²) in [5.74, 6) is -3.17. The maximum atomic E-state index is 13.4. The zero-order valence-corrected chi connectivity index (χ0v) is 17.4. The number of amides is 2. The first-order valence-corrected chi connectivity index (χ1v) is 9.63. The van der Waals surface area contributed by atoms with E-state index in [1.165, 1.54) is 6.08 Å². The van der Waals surface area contributed by atoms with Crippen molar-refractivity contribution in [1.29, 1.82) is 0 Å². The first kappa shape index (κ1) is 23.1. The second kappa shape index (κ2) is 8.91. The van der Waals surface area contributed by atoms with Crippen molar-refractivity contribution in [2.24, 2.45) is 0 Å². The molecule has 7 nitrogen and oxygen atoms in total. The minimum atomic E-state index is -4.95.